The number of thiol groups is 1. The molecule has 2 atom stereocenters. The molecule has 0 aromatic heterocycles. The third-order valence-electron chi connectivity index (χ3n) is 2.29. The summed E-state index contributed by atoms with van der Waals surface area (Å²) < 4.78 is 0. The number of carboxylic acids is 3. The van der Waals surface area contributed by atoms with Crippen LogP contribution in [-0.2, 0) is 19.2 Å². The molecule has 120 valence electrons. The number of rotatable bonds is 11. The summed E-state index contributed by atoms with van der Waals surface area (Å²) in [5.41, 5.74) is 4.45. The number of carbonyl (C=O) groups is 4. The second kappa shape index (κ2) is 9.96. The smallest absolute Gasteiger partial charge is 0.327 e. The van der Waals surface area contributed by atoms with Gasteiger partial charge in [-0.25, -0.2) is 15.6 Å². The zero-order chi connectivity index (χ0) is 16.4. The molecule has 21 heavy (non-hydrogen) atoms. The van der Waals surface area contributed by atoms with E-state index in [9.17, 15) is 19.2 Å². The maximum Gasteiger partial charge on any atom is 0.327 e. The lowest BCUT2D eigenvalue weighted by Crippen LogP contribution is -2.48. The largest absolute Gasteiger partial charge is 0.480 e. The summed E-state index contributed by atoms with van der Waals surface area (Å²) in [6, 6.07) is -2.34. The summed E-state index contributed by atoms with van der Waals surface area (Å²) in [6.45, 7) is -0.489. The molecule has 0 fully saturated rings. The Balaban J connectivity index is 4.23. The van der Waals surface area contributed by atoms with E-state index in [0.717, 1.165) is 0 Å². The lowest BCUT2D eigenvalue weighted by atomic mass is 10.1. The minimum atomic E-state index is -1.27. The van der Waals surface area contributed by atoms with Gasteiger partial charge in [-0.05, 0) is 6.42 Å². The SMILES string of the molecule is O=C(O)CNN[C@@H](CCC(=O)N[C@@H](CS)C(=O)O)C(=O)O. The first-order chi connectivity index (χ1) is 9.77. The highest BCUT2D eigenvalue weighted by Gasteiger charge is 2.21. The fourth-order valence-corrected chi connectivity index (χ4v) is 1.48. The molecule has 0 saturated carbocycles. The summed E-state index contributed by atoms with van der Waals surface area (Å²) in [5.74, 6) is -4.42. The van der Waals surface area contributed by atoms with Gasteiger partial charge in [0.25, 0.3) is 0 Å². The van der Waals surface area contributed by atoms with Crippen molar-refractivity contribution in [2.45, 2.75) is 24.9 Å². The minimum Gasteiger partial charge on any atom is -0.480 e. The Hall–Kier alpha value is -1.85. The molecule has 6 N–H and O–H groups in total. The van der Waals surface area contributed by atoms with E-state index >= 15 is 0 Å². The highest BCUT2D eigenvalue weighted by Crippen LogP contribution is 1.99. The van der Waals surface area contributed by atoms with E-state index < -0.39 is 42.4 Å². The second-order valence-corrected chi connectivity index (χ2v) is 4.33. The molecule has 0 aliphatic carbocycles. The minimum absolute atomic E-state index is 0.0954. The molecule has 10 nitrogen and oxygen atoms in total. The Morgan fingerprint density at radius 3 is 2.00 bits per heavy atom. The molecular weight excluding hydrogens is 306 g/mol. The average molecular weight is 323 g/mol. The maximum absolute atomic E-state index is 11.5. The first-order valence-corrected chi connectivity index (χ1v) is 6.47. The van der Waals surface area contributed by atoms with Crippen molar-refractivity contribution in [1.82, 2.24) is 16.2 Å². The molecule has 0 aliphatic rings. The van der Waals surface area contributed by atoms with E-state index in [1.54, 1.807) is 0 Å². The molecule has 0 saturated heterocycles. The fourth-order valence-electron chi connectivity index (χ4n) is 1.23. The highest BCUT2D eigenvalue weighted by molar-refractivity contribution is 7.80. The van der Waals surface area contributed by atoms with Crippen LogP contribution in [0.1, 0.15) is 12.8 Å². The van der Waals surface area contributed by atoms with Gasteiger partial charge in [0.1, 0.15) is 18.6 Å². The van der Waals surface area contributed by atoms with Crippen LogP contribution in [0, 0.1) is 0 Å². The third-order valence-corrected chi connectivity index (χ3v) is 2.66. The van der Waals surface area contributed by atoms with Gasteiger partial charge >= 0.3 is 17.9 Å². The van der Waals surface area contributed by atoms with Crippen LogP contribution in [0.15, 0.2) is 0 Å². The zero-order valence-electron chi connectivity index (χ0n) is 10.9. The van der Waals surface area contributed by atoms with Crippen LogP contribution < -0.4 is 16.2 Å². The van der Waals surface area contributed by atoms with Crippen LogP contribution in [0.3, 0.4) is 0 Å². The number of nitrogens with one attached hydrogen (secondary N) is 3. The van der Waals surface area contributed by atoms with Crippen LogP contribution in [0.25, 0.3) is 0 Å². The van der Waals surface area contributed by atoms with Crippen molar-refractivity contribution in [2.24, 2.45) is 0 Å². The monoisotopic (exact) mass is 323 g/mol. The van der Waals surface area contributed by atoms with Gasteiger partial charge in [0.15, 0.2) is 0 Å². The maximum atomic E-state index is 11.5. The molecule has 0 rings (SSSR count). The summed E-state index contributed by atoms with van der Waals surface area (Å²) >= 11 is 3.77. The standard InChI is InChI=1S/C10H17N3O7S/c14-7(12-6(4-21)10(19)20)2-1-5(9(17)18)13-11-3-8(15)16/h5-6,11,13,21H,1-4H2,(H,12,14)(H,15,16)(H,17,18)(H,19,20)/t5-,6-/m0/s1. The molecule has 0 radical (unpaired) electrons. The van der Waals surface area contributed by atoms with Crippen molar-refractivity contribution in [3.05, 3.63) is 0 Å². The summed E-state index contributed by atoms with van der Waals surface area (Å²) in [7, 11) is 0. The van der Waals surface area contributed by atoms with Gasteiger partial charge < -0.3 is 20.6 Å². The number of carboxylic acid groups (broad SMARTS) is 3. The number of hydrogen-bond donors (Lipinski definition) is 7. The predicted molar refractivity (Wildman–Crippen MR) is 72.9 cm³/mol. The van der Waals surface area contributed by atoms with Crippen molar-refractivity contribution >= 4 is 36.4 Å². The van der Waals surface area contributed by atoms with E-state index in [2.05, 4.69) is 28.8 Å². The molecule has 11 heteroatoms. The molecule has 0 aliphatic heterocycles. The lowest BCUT2D eigenvalue weighted by Gasteiger charge is -2.15. The van der Waals surface area contributed by atoms with Crippen molar-refractivity contribution in [1.29, 1.82) is 0 Å². The van der Waals surface area contributed by atoms with Gasteiger partial charge in [-0.3, -0.25) is 14.4 Å². The Bertz CT molecular complexity index is 404. The van der Waals surface area contributed by atoms with Crippen LogP contribution in [0.2, 0.25) is 0 Å². The first-order valence-electron chi connectivity index (χ1n) is 5.84. The predicted octanol–water partition coefficient (Wildman–Crippen LogP) is -2.10. The zero-order valence-corrected chi connectivity index (χ0v) is 11.8. The highest BCUT2D eigenvalue weighted by atomic mass is 32.1. The van der Waals surface area contributed by atoms with Gasteiger partial charge in [-0.1, -0.05) is 0 Å². The number of amides is 1. The third kappa shape index (κ3) is 8.83. The lowest BCUT2D eigenvalue weighted by molar-refractivity contribution is -0.142. The molecule has 0 spiro atoms. The van der Waals surface area contributed by atoms with Crippen molar-refractivity contribution in [2.75, 3.05) is 12.3 Å². The van der Waals surface area contributed by atoms with Gasteiger partial charge in [-0.15, -0.1) is 0 Å². The van der Waals surface area contributed by atoms with Gasteiger partial charge in [0, 0.05) is 12.2 Å². The van der Waals surface area contributed by atoms with E-state index in [4.69, 9.17) is 15.3 Å². The quantitative estimate of drug-likeness (QED) is 0.166. The molecule has 0 unspecified atom stereocenters. The molecule has 0 aromatic rings. The van der Waals surface area contributed by atoms with Crippen molar-refractivity contribution in [3.8, 4) is 0 Å². The Morgan fingerprint density at radius 1 is 1.00 bits per heavy atom. The second-order valence-electron chi connectivity index (χ2n) is 3.96. The molecule has 0 heterocycles. The van der Waals surface area contributed by atoms with Crippen LogP contribution in [0.4, 0.5) is 0 Å². The Kier molecular flexibility index (Phi) is 9.08. The van der Waals surface area contributed by atoms with Crippen LogP contribution in [0.5, 0.6) is 0 Å². The van der Waals surface area contributed by atoms with E-state index in [1.165, 1.54) is 0 Å². The number of carbonyl (C=O) groups excluding carboxylic acids is 1. The Morgan fingerprint density at radius 2 is 1.57 bits per heavy atom. The summed E-state index contributed by atoms with van der Waals surface area (Å²) in [5, 5.41) is 28.2. The van der Waals surface area contributed by atoms with Crippen LogP contribution in [-0.4, -0.2) is 63.5 Å². The topological polar surface area (TPSA) is 165 Å². The molecule has 0 bridgehead atoms. The average Bonchev–Trinajstić information content (AvgIpc) is 2.38. The van der Waals surface area contributed by atoms with Crippen molar-refractivity contribution in [3.63, 3.8) is 0 Å². The molecule has 1 amide bonds. The normalized spacial score (nSPS) is 13.2. The van der Waals surface area contributed by atoms with Crippen molar-refractivity contribution < 1.29 is 34.5 Å². The summed E-state index contributed by atoms with van der Waals surface area (Å²) in [4.78, 5) is 43.3. The van der Waals surface area contributed by atoms with Gasteiger partial charge in [-0.2, -0.15) is 12.6 Å². The van der Waals surface area contributed by atoms with E-state index in [0.29, 0.717) is 0 Å². The fraction of sp³-hybridized carbons (Fsp3) is 0.600. The summed E-state index contributed by atoms with van der Waals surface area (Å²) in [6.07, 6.45) is -0.386. The van der Waals surface area contributed by atoms with E-state index in [-0.39, 0.29) is 18.6 Å². The Labute approximate surface area is 125 Å². The molecular formula is C10H17N3O7S. The van der Waals surface area contributed by atoms with E-state index in [1.807, 2.05) is 0 Å². The van der Waals surface area contributed by atoms with Gasteiger partial charge in [0.2, 0.25) is 5.91 Å². The number of aliphatic carboxylic acids is 3. The van der Waals surface area contributed by atoms with Crippen LogP contribution >= 0.6 is 12.6 Å². The number of hydrogen-bond acceptors (Lipinski definition) is 7. The molecule has 0 aromatic carbocycles. The van der Waals surface area contributed by atoms with Gasteiger partial charge in [0.05, 0.1) is 0 Å². The first kappa shape index (κ1) is 19.1. The number of hydrazine groups is 1.